The quantitative estimate of drug-likeness (QED) is 0.651. The molecule has 0 saturated carbocycles. The van der Waals surface area contributed by atoms with Crippen molar-refractivity contribution in [3.05, 3.63) is 17.8 Å². The van der Waals surface area contributed by atoms with Crippen molar-refractivity contribution >= 4 is 23.4 Å². The highest BCUT2D eigenvalue weighted by molar-refractivity contribution is 5.95. The second-order valence-electron chi connectivity index (χ2n) is 3.63. The van der Waals surface area contributed by atoms with Gasteiger partial charge in [-0.2, -0.15) is 0 Å². The zero-order valence-corrected chi connectivity index (χ0v) is 10.5. The monoisotopic (exact) mass is 252 g/mol. The van der Waals surface area contributed by atoms with Gasteiger partial charge in [-0.25, -0.2) is 9.78 Å². The molecule has 0 bridgehead atoms. The number of esters is 1. The van der Waals surface area contributed by atoms with Crippen LogP contribution < -0.4 is 16.4 Å². The fourth-order valence-corrected chi connectivity index (χ4v) is 1.34. The minimum atomic E-state index is -0.550. The van der Waals surface area contributed by atoms with Gasteiger partial charge in [0, 0.05) is 7.05 Å². The number of methoxy groups -OCH3 is 1. The first-order chi connectivity index (χ1) is 8.49. The maximum absolute atomic E-state index is 11.4. The molecule has 1 atom stereocenters. The van der Waals surface area contributed by atoms with Gasteiger partial charge in [0.1, 0.15) is 11.9 Å². The highest BCUT2D eigenvalue weighted by Crippen LogP contribution is 2.16. The number of likely N-dealkylation sites (N-methyl/N-ethyl adjacent to an activating group) is 1. The van der Waals surface area contributed by atoms with E-state index in [2.05, 4.69) is 20.4 Å². The van der Waals surface area contributed by atoms with E-state index in [1.807, 2.05) is 0 Å². The molecule has 7 nitrogen and oxygen atoms in total. The fourth-order valence-electron chi connectivity index (χ4n) is 1.34. The molecule has 0 aromatic carbocycles. The van der Waals surface area contributed by atoms with Crippen molar-refractivity contribution in [2.75, 3.05) is 25.2 Å². The summed E-state index contributed by atoms with van der Waals surface area (Å²) in [4.78, 5) is 26.8. The molecule has 1 rings (SSSR count). The van der Waals surface area contributed by atoms with E-state index in [9.17, 15) is 9.59 Å². The summed E-state index contributed by atoms with van der Waals surface area (Å²) in [5.41, 5.74) is 6.04. The number of hydrogen-bond donors (Lipinski definition) is 3. The van der Waals surface area contributed by atoms with Crippen LogP contribution >= 0.6 is 0 Å². The third-order valence-electron chi connectivity index (χ3n) is 2.34. The van der Waals surface area contributed by atoms with Crippen molar-refractivity contribution in [2.24, 2.45) is 0 Å². The number of nitrogens with two attached hydrogens (primary N) is 1. The van der Waals surface area contributed by atoms with Crippen LogP contribution in [0.1, 0.15) is 17.3 Å². The second-order valence-corrected chi connectivity index (χ2v) is 3.63. The lowest BCUT2D eigenvalue weighted by atomic mass is 10.2. The van der Waals surface area contributed by atoms with Crippen LogP contribution in [0.4, 0.5) is 11.5 Å². The summed E-state index contributed by atoms with van der Waals surface area (Å²) in [6.07, 6.45) is 1.34. The van der Waals surface area contributed by atoms with Gasteiger partial charge in [0.25, 0.3) is 0 Å². The first kappa shape index (κ1) is 13.8. The van der Waals surface area contributed by atoms with Crippen molar-refractivity contribution < 1.29 is 14.3 Å². The maximum atomic E-state index is 11.4. The number of hydrogen-bond acceptors (Lipinski definition) is 6. The largest absolute Gasteiger partial charge is 0.465 e. The topological polar surface area (TPSA) is 106 Å². The lowest BCUT2D eigenvalue weighted by Gasteiger charge is -2.13. The van der Waals surface area contributed by atoms with Gasteiger partial charge >= 0.3 is 5.97 Å². The van der Waals surface area contributed by atoms with E-state index in [1.165, 1.54) is 26.4 Å². The van der Waals surface area contributed by atoms with Gasteiger partial charge in [-0.15, -0.1) is 0 Å². The number of rotatable bonds is 4. The van der Waals surface area contributed by atoms with Crippen LogP contribution in [0.2, 0.25) is 0 Å². The number of ether oxygens (including phenoxy) is 1. The maximum Gasteiger partial charge on any atom is 0.340 e. The predicted octanol–water partition coefficient (Wildman–Crippen LogP) is -0.00320. The highest BCUT2D eigenvalue weighted by atomic mass is 16.5. The van der Waals surface area contributed by atoms with Gasteiger partial charge in [0.05, 0.1) is 24.6 Å². The number of amides is 1. The molecule has 1 unspecified atom stereocenters. The molecule has 0 saturated heterocycles. The molecule has 0 spiro atoms. The third-order valence-corrected chi connectivity index (χ3v) is 2.34. The zero-order chi connectivity index (χ0) is 13.7. The summed E-state index contributed by atoms with van der Waals surface area (Å²) in [5, 5.41) is 5.35. The Morgan fingerprint density at radius 3 is 2.72 bits per heavy atom. The fraction of sp³-hybridized carbons (Fsp3) is 0.364. The Bertz CT molecular complexity index is 462. The molecule has 0 aliphatic heterocycles. The Kier molecular flexibility index (Phi) is 4.47. The Morgan fingerprint density at radius 1 is 1.50 bits per heavy atom. The second kappa shape index (κ2) is 5.85. The molecule has 1 aromatic heterocycles. The smallest absolute Gasteiger partial charge is 0.340 e. The molecule has 0 aliphatic carbocycles. The highest BCUT2D eigenvalue weighted by Gasteiger charge is 2.15. The standard InChI is InChI=1S/C11H16N4O3/c1-6(10(16)13-2)15-9-4-7(11(17)18-3)8(12)5-14-9/h4-6H,12H2,1-3H3,(H,13,16)(H,14,15). The molecular formula is C11H16N4O3. The van der Waals surface area contributed by atoms with E-state index in [0.29, 0.717) is 5.82 Å². The normalized spacial score (nSPS) is 11.5. The summed E-state index contributed by atoms with van der Waals surface area (Å²) >= 11 is 0. The molecular weight excluding hydrogens is 236 g/mol. The molecule has 4 N–H and O–H groups in total. The van der Waals surface area contributed by atoms with Crippen molar-refractivity contribution in [1.29, 1.82) is 0 Å². The Hall–Kier alpha value is -2.31. The van der Waals surface area contributed by atoms with E-state index >= 15 is 0 Å². The molecule has 98 valence electrons. The third kappa shape index (κ3) is 3.09. The van der Waals surface area contributed by atoms with Crippen LogP contribution in [0.15, 0.2) is 12.3 Å². The SMILES string of the molecule is CNC(=O)C(C)Nc1cc(C(=O)OC)c(N)cn1. The zero-order valence-electron chi connectivity index (χ0n) is 10.5. The molecule has 7 heteroatoms. The van der Waals surface area contributed by atoms with Gasteiger partial charge in [-0.3, -0.25) is 4.79 Å². The van der Waals surface area contributed by atoms with Crippen molar-refractivity contribution in [2.45, 2.75) is 13.0 Å². The Balaban J connectivity index is 2.92. The molecule has 0 radical (unpaired) electrons. The van der Waals surface area contributed by atoms with Crippen molar-refractivity contribution in [3.63, 3.8) is 0 Å². The number of anilines is 2. The number of carbonyl (C=O) groups is 2. The molecule has 1 amide bonds. The van der Waals surface area contributed by atoms with Crippen molar-refractivity contribution in [3.8, 4) is 0 Å². The molecule has 0 fully saturated rings. The van der Waals surface area contributed by atoms with Crippen LogP contribution in [0.3, 0.4) is 0 Å². The molecule has 18 heavy (non-hydrogen) atoms. The minimum absolute atomic E-state index is 0.187. The molecule has 1 aromatic rings. The van der Waals surface area contributed by atoms with Gasteiger partial charge in [-0.05, 0) is 13.0 Å². The van der Waals surface area contributed by atoms with Gasteiger partial charge in [-0.1, -0.05) is 0 Å². The van der Waals surface area contributed by atoms with Crippen LogP contribution in [-0.2, 0) is 9.53 Å². The van der Waals surface area contributed by atoms with E-state index < -0.39 is 12.0 Å². The van der Waals surface area contributed by atoms with E-state index in [0.717, 1.165) is 0 Å². The summed E-state index contributed by atoms with van der Waals surface area (Å²) in [6.45, 7) is 1.68. The first-order valence-electron chi connectivity index (χ1n) is 5.31. The Labute approximate surface area is 105 Å². The lowest BCUT2D eigenvalue weighted by molar-refractivity contribution is -0.121. The molecule has 0 aliphatic rings. The minimum Gasteiger partial charge on any atom is -0.465 e. The number of pyridine rings is 1. The van der Waals surface area contributed by atoms with Crippen LogP contribution in [0.5, 0.6) is 0 Å². The van der Waals surface area contributed by atoms with E-state index in [1.54, 1.807) is 6.92 Å². The van der Waals surface area contributed by atoms with Crippen LogP contribution in [0.25, 0.3) is 0 Å². The summed E-state index contributed by atoms with van der Waals surface area (Å²) in [7, 11) is 2.80. The van der Waals surface area contributed by atoms with Crippen molar-refractivity contribution in [1.82, 2.24) is 10.3 Å². The summed E-state index contributed by atoms with van der Waals surface area (Å²) in [5.74, 6) is -0.362. The van der Waals surface area contributed by atoms with Gasteiger partial charge in [0.2, 0.25) is 5.91 Å². The number of nitrogens with zero attached hydrogens (tertiary/aromatic N) is 1. The molecule has 1 heterocycles. The number of aromatic nitrogens is 1. The summed E-state index contributed by atoms with van der Waals surface area (Å²) in [6, 6.07) is 0.970. The van der Waals surface area contributed by atoms with E-state index in [-0.39, 0.29) is 17.2 Å². The first-order valence-corrected chi connectivity index (χ1v) is 5.31. The van der Waals surface area contributed by atoms with Gasteiger partial charge in [0.15, 0.2) is 0 Å². The summed E-state index contributed by atoms with van der Waals surface area (Å²) < 4.78 is 4.59. The average molecular weight is 252 g/mol. The Morgan fingerprint density at radius 2 is 2.17 bits per heavy atom. The van der Waals surface area contributed by atoms with Crippen LogP contribution in [0, 0.1) is 0 Å². The predicted molar refractivity (Wildman–Crippen MR) is 67.1 cm³/mol. The number of nitrogens with one attached hydrogen (secondary N) is 2. The van der Waals surface area contributed by atoms with Gasteiger partial charge < -0.3 is 21.1 Å². The number of carbonyl (C=O) groups excluding carboxylic acids is 2. The number of nitrogen functional groups attached to an aromatic ring is 1. The van der Waals surface area contributed by atoms with E-state index in [4.69, 9.17) is 5.73 Å². The average Bonchev–Trinajstić information content (AvgIpc) is 2.38. The van der Waals surface area contributed by atoms with Crippen LogP contribution in [-0.4, -0.2) is 37.1 Å². The lowest BCUT2D eigenvalue weighted by Crippen LogP contribution is -2.35.